The first-order chi connectivity index (χ1) is 8.61. The third kappa shape index (κ3) is 4.14. The van der Waals surface area contributed by atoms with Gasteiger partial charge in [-0.3, -0.25) is 4.79 Å². The van der Waals surface area contributed by atoms with E-state index in [-0.39, 0.29) is 17.9 Å². The molecule has 1 aliphatic rings. The van der Waals surface area contributed by atoms with Crippen molar-refractivity contribution in [3.05, 3.63) is 0 Å². The van der Waals surface area contributed by atoms with Gasteiger partial charge in [-0.1, -0.05) is 6.92 Å². The van der Waals surface area contributed by atoms with Crippen LogP contribution in [0.2, 0.25) is 0 Å². The topological polar surface area (TPSA) is 41.6 Å². The summed E-state index contributed by atoms with van der Waals surface area (Å²) in [4.78, 5) is 14.3. The molecule has 3 unspecified atom stereocenters. The highest BCUT2D eigenvalue weighted by atomic mass is 32.2. The second-order valence-electron chi connectivity index (χ2n) is 4.89. The number of nitrogens with zero attached hydrogens (tertiary/aromatic N) is 1. The van der Waals surface area contributed by atoms with Gasteiger partial charge >= 0.3 is 0 Å². The van der Waals surface area contributed by atoms with E-state index >= 15 is 0 Å². The predicted octanol–water partition coefficient (Wildman–Crippen LogP) is 1.21. The van der Waals surface area contributed by atoms with Crippen molar-refractivity contribution in [2.75, 3.05) is 38.8 Å². The van der Waals surface area contributed by atoms with Crippen LogP contribution in [0.3, 0.4) is 0 Å². The maximum Gasteiger partial charge on any atom is 0.229 e. The molecule has 5 heteroatoms. The van der Waals surface area contributed by atoms with Crippen molar-refractivity contribution < 1.29 is 9.53 Å². The highest BCUT2D eigenvalue weighted by Crippen LogP contribution is 2.18. The third-order valence-electron chi connectivity index (χ3n) is 3.61. The van der Waals surface area contributed by atoms with Crippen LogP contribution >= 0.6 is 11.8 Å². The molecule has 18 heavy (non-hydrogen) atoms. The molecule has 0 radical (unpaired) electrons. The smallest absolute Gasteiger partial charge is 0.229 e. The van der Waals surface area contributed by atoms with Crippen LogP contribution < -0.4 is 5.32 Å². The van der Waals surface area contributed by atoms with Crippen molar-refractivity contribution in [1.82, 2.24) is 10.2 Å². The Kier molecular flexibility index (Phi) is 7.04. The molecule has 1 aliphatic heterocycles. The van der Waals surface area contributed by atoms with E-state index in [2.05, 4.69) is 25.4 Å². The summed E-state index contributed by atoms with van der Waals surface area (Å²) >= 11 is 1.83. The molecule has 1 amide bonds. The van der Waals surface area contributed by atoms with Crippen LogP contribution in [0, 0.1) is 5.92 Å². The molecule has 0 bridgehead atoms. The Balaban J connectivity index is 2.51. The van der Waals surface area contributed by atoms with Crippen LogP contribution in [0.4, 0.5) is 0 Å². The summed E-state index contributed by atoms with van der Waals surface area (Å²) in [6, 6.07) is 0.477. The number of likely N-dealkylation sites (N-methyl/N-ethyl adjacent to an activating group) is 1. The van der Waals surface area contributed by atoms with E-state index in [0.717, 1.165) is 18.7 Å². The first kappa shape index (κ1) is 15.8. The number of hydrogen-bond donors (Lipinski definition) is 1. The second-order valence-corrected chi connectivity index (χ2v) is 5.87. The van der Waals surface area contributed by atoms with Gasteiger partial charge in [0, 0.05) is 19.1 Å². The van der Waals surface area contributed by atoms with E-state index in [1.54, 1.807) is 0 Å². The third-order valence-corrected chi connectivity index (χ3v) is 4.26. The summed E-state index contributed by atoms with van der Waals surface area (Å²) in [7, 11) is 1.91. The molecule has 1 fully saturated rings. The van der Waals surface area contributed by atoms with Crippen molar-refractivity contribution in [3.63, 3.8) is 0 Å². The molecule has 0 saturated carbocycles. The largest absolute Gasteiger partial charge is 0.379 e. The summed E-state index contributed by atoms with van der Waals surface area (Å²) in [5.41, 5.74) is 0. The standard InChI is InChI=1S/C13H26N2O2S/c1-5-14-12-9-17-8-11(12)13(16)15(3)10(2)6-7-18-4/h10-12,14H,5-9H2,1-4H3. The number of thioether (sulfide) groups is 1. The van der Waals surface area contributed by atoms with E-state index in [9.17, 15) is 4.79 Å². The van der Waals surface area contributed by atoms with Gasteiger partial charge in [-0.25, -0.2) is 0 Å². The summed E-state index contributed by atoms with van der Waals surface area (Å²) in [5, 5.41) is 3.34. The van der Waals surface area contributed by atoms with Gasteiger partial charge in [0.2, 0.25) is 5.91 Å². The Morgan fingerprint density at radius 2 is 2.28 bits per heavy atom. The van der Waals surface area contributed by atoms with E-state index in [1.165, 1.54) is 0 Å². The molecular formula is C13H26N2O2S. The van der Waals surface area contributed by atoms with Gasteiger partial charge in [0.25, 0.3) is 0 Å². The normalized spacial score (nSPS) is 25.1. The summed E-state index contributed by atoms with van der Waals surface area (Å²) in [5.74, 6) is 1.29. The van der Waals surface area contributed by atoms with E-state index < -0.39 is 0 Å². The Labute approximate surface area is 115 Å². The Morgan fingerprint density at radius 3 is 2.89 bits per heavy atom. The van der Waals surface area contributed by atoms with Gasteiger partial charge in [0.1, 0.15) is 0 Å². The Hall–Kier alpha value is -0.260. The average molecular weight is 274 g/mol. The fraction of sp³-hybridized carbons (Fsp3) is 0.923. The number of hydrogen-bond acceptors (Lipinski definition) is 4. The van der Waals surface area contributed by atoms with E-state index in [4.69, 9.17) is 4.74 Å². The van der Waals surface area contributed by atoms with Crippen molar-refractivity contribution in [3.8, 4) is 0 Å². The Bertz CT molecular complexity index is 263. The molecule has 0 aromatic carbocycles. The number of nitrogens with one attached hydrogen (secondary N) is 1. The number of rotatable bonds is 7. The molecule has 1 rings (SSSR count). The first-order valence-electron chi connectivity index (χ1n) is 6.68. The van der Waals surface area contributed by atoms with Crippen LogP contribution in [0.25, 0.3) is 0 Å². The maximum atomic E-state index is 12.4. The van der Waals surface area contributed by atoms with Crippen LogP contribution in [0.15, 0.2) is 0 Å². The van der Waals surface area contributed by atoms with E-state index in [0.29, 0.717) is 19.3 Å². The minimum Gasteiger partial charge on any atom is -0.379 e. The molecule has 0 aromatic heterocycles. The summed E-state index contributed by atoms with van der Waals surface area (Å²) in [6.45, 7) is 6.26. The number of carbonyl (C=O) groups excluding carboxylic acids is 1. The minimum atomic E-state index is -0.0216. The van der Waals surface area contributed by atoms with Gasteiger partial charge in [-0.15, -0.1) is 0 Å². The van der Waals surface area contributed by atoms with Gasteiger partial charge in [-0.05, 0) is 31.9 Å². The molecule has 0 aliphatic carbocycles. The number of ether oxygens (including phenoxy) is 1. The van der Waals surface area contributed by atoms with Gasteiger partial charge < -0.3 is 15.0 Å². The lowest BCUT2D eigenvalue weighted by Crippen LogP contribution is -2.47. The number of carbonyl (C=O) groups is 1. The first-order valence-corrected chi connectivity index (χ1v) is 8.07. The highest BCUT2D eigenvalue weighted by Gasteiger charge is 2.36. The van der Waals surface area contributed by atoms with Crippen molar-refractivity contribution in [1.29, 1.82) is 0 Å². The van der Waals surface area contributed by atoms with Gasteiger partial charge in [0.15, 0.2) is 0 Å². The number of amides is 1. The Morgan fingerprint density at radius 1 is 1.56 bits per heavy atom. The lowest BCUT2D eigenvalue weighted by atomic mass is 10.0. The van der Waals surface area contributed by atoms with Crippen LogP contribution in [-0.2, 0) is 9.53 Å². The second kappa shape index (κ2) is 8.02. The zero-order valence-electron chi connectivity index (χ0n) is 11.9. The van der Waals surface area contributed by atoms with Crippen molar-refractivity contribution in [2.45, 2.75) is 32.4 Å². The summed E-state index contributed by atoms with van der Waals surface area (Å²) in [6.07, 6.45) is 3.14. The molecule has 1 N–H and O–H groups in total. The minimum absolute atomic E-state index is 0.0216. The molecule has 3 atom stereocenters. The quantitative estimate of drug-likeness (QED) is 0.758. The molecule has 106 valence electrons. The molecular weight excluding hydrogens is 248 g/mol. The van der Waals surface area contributed by atoms with Crippen molar-refractivity contribution in [2.24, 2.45) is 5.92 Å². The maximum absolute atomic E-state index is 12.4. The highest BCUT2D eigenvalue weighted by molar-refractivity contribution is 7.98. The summed E-state index contributed by atoms with van der Waals surface area (Å²) < 4.78 is 5.44. The zero-order chi connectivity index (χ0) is 13.5. The molecule has 1 saturated heterocycles. The van der Waals surface area contributed by atoms with Crippen LogP contribution in [0.1, 0.15) is 20.3 Å². The average Bonchev–Trinajstić information content (AvgIpc) is 2.82. The SMILES string of the molecule is CCNC1COCC1C(=O)N(C)C(C)CCSC. The molecule has 0 aromatic rings. The van der Waals surface area contributed by atoms with Gasteiger partial charge in [0.05, 0.1) is 19.1 Å². The fourth-order valence-corrected chi connectivity index (χ4v) is 2.80. The molecule has 0 spiro atoms. The monoisotopic (exact) mass is 274 g/mol. The molecule has 1 heterocycles. The zero-order valence-corrected chi connectivity index (χ0v) is 12.8. The van der Waals surface area contributed by atoms with Crippen molar-refractivity contribution >= 4 is 17.7 Å². The van der Waals surface area contributed by atoms with Gasteiger partial charge in [-0.2, -0.15) is 11.8 Å². The predicted molar refractivity (Wildman–Crippen MR) is 77.0 cm³/mol. The lowest BCUT2D eigenvalue weighted by Gasteiger charge is -2.29. The fourth-order valence-electron chi connectivity index (χ4n) is 2.22. The molecule has 4 nitrogen and oxygen atoms in total. The van der Waals surface area contributed by atoms with Crippen LogP contribution in [0.5, 0.6) is 0 Å². The van der Waals surface area contributed by atoms with E-state index in [1.807, 2.05) is 23.7 Å². The lowest BCUT2D eigenvalue weighted by molar-refractivity contribution is -0.136. The van der Waals surface area contributed by atoms with Crippen LogP contribution in [-0.4, -0.2) is 61.7 Å².